The van der Waals surface area contributed by atoms with Crippen LogP contribution in [0.25, 0.3) is 0 Å². The van der Waals surface area contributed by atoms with Crippen molar-refractivity contribution in [2.45, 2.75) is 223 Å². The standard InChI is InChI=1S/C57H94O14/c1-3-5-7-9-11-13-15-17-19-20-21-22-23-24-25-26-27-28-30-32-34-36-38-40-49(59)69-46(43-66-41-39-37-35-33-31-29-18-16-14-12-10-8-6-4-2)44-67-56-55(65)53(63)51(61)48(71-56)45-68-57-54(64)52(62)50(60)47(42-58)70-57/h5-8,11-14,17-19,21-22,29,33,35,46-48,50-58,60-65H,3-4,9-10,15-16,20,23-28,30-32,34,36-45H2,1-2H3/b7-5-,8-6-,13-11-,14-12-,19-17-,22-21-,29-18-,35-33-. The van der Waals surface area contributed by atoms with Gasteiger partial charge in [-0.05, 0) is 83.5 Å². The van der Waals surface area contributed by atoms with Crippen molar-refractivity contribution in [3.05, 3.63) is 97.2 Å². The number of unbranched alkanes of at least 4 members (excludes halogenated alkanes) is 11. The Balaban J connectivity index is 1.75. The lowest BCUT2D eigenvalue weighted by atomic mass is 9.98. The summed E-state index contributed by atoms with van der Waals surface area (Å²) in [6, 6.07) is 0. The van der Waals surface area contributed by atoms with E-state index in [1.165, 1.54) is 38.5 Å². The molecule has 71 heavy (non-hydrogen) atoms. The van der Waals surface area contributed by atoms with Gasteiger partial charge in [-0.25, -0.2) is 0 Å². The number of aliphatic hydroxyl groups is 7. The summed E-state index contributed by atoms with van der Waals surface area (Å²) in [5.74, 6) is -0.404. The first-order valence-electron chi connectivity index (χ1n) is 26.8. The molecule has 14 nitrogen and oxygen atoms in total. The van der Waals surface area contributed by atoms with Crippen LogP contribution in [0.1, 0.15) is 155 Å². The summed E-state index contributed by atoms with van der Waals surface area (Å²) < 4.78 is 34.2. The van der Waals surface area contributed by atoms with Crippen LogP contribution in [0.15, 0.2) is 97.2 Å². The molecule has 2 saturated heterocycles. The Morgan fingerprint density at radius 1 is 0.465 bits per heavy atom. The molecule has 0 aromatic rings. The molecule has 0 saturated carbocycles. The van der Waals surface area contributed by atoms with Gasteiger partial charge in [-0.15, -0.1) is 0 Å². The molecule has 11 atom stereocenters. The van der Waals surface area contributed by atoms with Gasteiger partial charge in [0.25, 0.3) is 0 Å². The molecule has 14 heteroatoms. The normalized spacial score (nSPS) is 26.1. The van der Waals surface area contributed by atoms with Crippen LogP contribution < -0.4 is 0 Å². The second kappa shape index (κ2) is 43.3. The highest BCUT2D eigenvalue weighted by atomic mass is 16.7. The fourth-order valence-corrected chi connectivity index (χ4v) is 7.81. The predicted molar refractivity (Wildman–Crippen MR) is 279 cm³/mol. The first-order chi connectivity index (χ1) is 34.6. The molecule has 2 heterocycles. The van der Waals surface area contributed by atoms with E-state index in [0.29, 0.717) is 13.0 Å². The molecular formula is C57H94O14. The largest absolute Gasteiger partial charge is 0.457 e. The van der Waals surface area contributed by atoms with Crippen molar-refractivity contribution in [2.75, 3.05) is 33.0 Å². The molecule has 11 unspecified atom stereocenters. The Labute approximate surface area is 426 Å². The van der Waals surface area contributed by atoms with Gasteiger partial charge in [0, 0.05) is 13.0 Å². The first kappa shape index (κ1) is 64.0. The van der Waals surface area contributed by atoms with Gasteiger partial charge in [-0.3, -0.25) is 4.79 Å². The summed E-state index contributed by atoms with van der Waals surface area (Å²) in [5.41, 5.74) is 0. The molecule has 2 rings (SSSR count). The molecule has 7 N–H and O–H groups in total. The number of ether oxygens (including phenoxy) is 6. The Hall–Kier alpha value is -3.09. The summed E-state index contributed by atoms with van der Waals surface area (Å²) in [4.78, 5) is 13.0. The van der Waals surface area contributed by atoms with E-state index in [9.17, 15) is 40.5 Å². The van der Waals surface area contributed by atoms with Crippen LogP contribution in [-0.2, 0) is 33.2 Å². The number of rotatable bonds is 41. The van der Waals surface area contributed by atoms with Crippen LogP contribution in [0.2, 0.25) is 0 Å². The summed E-state index contributed by atoms with van der Waals surface area (Å²) >= 11 is 0. The average molecular weight is 1000 g/mol. The predicted octanol–water partition coefficient (Wildman–Crippen LogP) is 8.63. The maximum atomic E-state index is 13.0. The number of aliphatic hydroxyl groups excluding tert-OH is 7. The second-order valence-corrected chi connectivity index (χ2v) is 18.3. The lowest BCUT2D eigenvalue weighted by Gasteiger charge is -2.42. The van der Waals surface area contributed by atoms with Gasteiger partial charge in [0.05, 0.1) is 26.4 Å². The monoisotopic (exact) mass is 1000 g/mol. The topological polar surface area (TPSA) is 214 Å². The van der Waals surface area contributed by atoms with Crippen LogP contribution in [0.3, 0.4) is 0 Å². The third-order valence-corrected chi connectivity index (χ3v) is 12.1. The van der Waals surface area contributed by atoms with Gasteiger partial charge in [0.15, 0.2) is 12.6 Å². The molecule has 2 fully saturated rings. The summed E-state index contributed by atoms with van der Waals surface area (Å²) in [7, 11) is 0. The minimum Gasteiger partial charge on any atom is -0.457 e. The highest BCUT2D eigenvalue weighted by Crippen LogP contribution is 2.26. The first-order valence-corrected chi connectivity index (χ1v) is 26.8. The number of carbonyl (C=O) groups excluding carboxylic acids is 1. The molecule has 406 valence electrons. The van der Waals surface area contributed by atoms with Crippen LogP contribution in [0.4, 0.5) is 0 Å². The van der Waals surface area contributed by atoms with Gasteiger partial charge in [-0.1, -0.05) is 162 Å². The maximum Gasteiger partial charge on any atom is 0.306 e. The Bertz CT molecular complexity index is 1540. The molecule has 0 aromatic heterocycles. The minimum atomic E-state index is -1.72. The van der Waals surface area contributed by atoms with E-state index in [1.807, 2.05) is 0 Å². The van der Waals surface area contributed by atoms with Crippen molar-refractivity contribution in [1.82, 2.24) is 0 Å². The zero-order valence-electron chi connectivity index (χ0n) is 43.2. The van der Waals surface area contributed by atoms with Crippen LogP contribution in [0.5, 0.6) is 0 Å². The fourth-order valence-electron chi connectivity index (χ4n) is 7.81. The Kier molecular flexibility index (Phi) is 39.1. The van der Waals surface area contributed by atoms with Crippen LogP contribution in [0, 0.1) is 0 Å². The van der Waals surface area contributed by atoms with E-state index >= 15 is 0 Å². The smallest absolute Gasteiger partial charge is 0.306 e. The van der Waals surface area contributed by atoms with E-state index in [2.05, 4.69) is 111 Å². The minimum absolute atomic E-state index is 0.0159. The van der Waals surface area contributed by atoms with E-state index in [4.69, 9.17) is 28.4 Å². The highest BCUT2D eigenvalue weighted by Gasteiger charge is 2.47. The lowest BCUT2D eigenvalue weighted by Crippen LogP contribution is -2.61. The quantitative estimate of drug-likeness (QED) is 0.0174. The third-order valence-electron chi connectivity index (χ3n) is 12.1. The van der Waals surface area contributed by atoms with E-state index in [1.54, 1.807) is 0 Å². The van der Waals surface area contributed by atoms with Gasteiger partial charge < -0.3 is 64.2 Å². The van der Waals surface area contributed by atoms with Gasteiger partial charge >= 0.3 is 5.97 Å². The molecule has 2 aliphatic heterocycles. The van der Waals surface area contributed by atoms with Crippen molar-refractivity contribution < 1.29 is 69.0 Å². The van der Waals surface area contributed by atoms with Crippen molar-refractivity contribution in [3.63, 3.8) is 0 Å². The molecule has 0 bridgehead atoms. The zero-order chi connectivity index (χ0) is 51.6. The van der Waals surface area contributed by atoms with Gasteiger partial charge in [0.1, 0.15) is 54.9 Å². The third kappa shape index (κ3) is 30.6. The number of carbonyl (C=O) groups is 1. The van der Waals surface area contributed by atoms with E-state index in [-0.39, 0.29) is 19.6 Å². The van der Waals surface area contributed by atoms with Crippen molar-refractivity contribution in [2.24, 2.45) is 0 Å². The fraction of sp³-hybridized carbons (Fsp3) is 0.702. The lowest BCUT2D eigenvalue weighted by molar-refractivity contribution is -0.332. The molecule has 0 amide bonds. The molecule has 0 aliphatic carbocycles. The van der Waals surface area contributed by atoms with Gasteiger partial charge in [-0.2, -0.15) is 0 Å². The average Bonchev–Trinajstić information content (AvgIpc) is 3.37. The van der Waals surface area contributed by atoms with E-state index in [0.717, 1.165) is 89.9 Å². The van der Waals surface area contributed by atoms with Crippen molar-refractivity contribution in [3.8, 4) is 0 Å². The van der Waals surface area contributed by atoms with Gasteiger partial charge in [0.2, 0.25) is 0 Å². The number of hydrogen-bond acceptors (Lipinski definition) is 14. The SMILES string of the molecule is CC/C=C\C/C=C\C/C=C\C/C=C\CCCCCCCCCCCCC(=O)OC(COCCC/C=C\C/C=C\C/C=C\C/C=C\CC)COC1OC(COC2OC(CO)C(O)C(O)C2O)C(O)C(O)C1O. The summed E-state index contributed by atoms with van der Waals surface area (Å²) in [5, 5.41) is 72.2. The number of allylic oxidation sites excluding steroid dienone is 16. The Morgan fingerprint density at radius 3 is 1.37 bits per heavy atom. The van der Waals surface area contributed by atoms with Crippen LogP contribution >= 0.6 is 0 Å². The van der Waals surface area contributed by atoms with Crippen LogP contribution in [-0.4, -0.2) is 142 Å². The van der Waals surface area contributed by atoms with Crippen molar-refractivity contribution in [1.29, 1.82) is 0 Å². The molecule has 2 aliphatic rings. The maximum absolute atomic E-state index is 13.0. The Morgan fingerprint density at radius 2 is 0.873 bits per heavy atom. The molecule has 0 spiro atoms. The number of esters is 1. The van der Waals surface area contributed by atoms with Crippen molar-refractivity contribution >= 4 is 5.97 Å². The molecule has 0 aromatic carbocycles. The van der Waals surface area contributed by atoms with E-state index < -0.39 is 86.7 Å². The molecular weight excluding hydrogens is 909 g/mol. The second-order valence-electron chi connectivity index (χ2n) is 18.3. The summed E-state index contributed by atoms with van der Waals surface area (Å²) in [6.07, 6.45) is 40.5. The highest BCUT2D eigenvalue weighted by molar-refractivity contribution is 5.69. The molecule has 0 radical (unpaired) electrons. The number of hydrogen-bond donors (Lipinski definition) is 7. The summed E-state index contributed by atoms with van der Waals surface area (Å²) in [6.45, 7) is 3.28. The zero-order valence-corrected chi connectivity index (χ0v) is 43.2.